The van der Waals surface area contributed by atoms with Crippen LogP contribution in [0.3, 0.4) is 0 Å². The molecular formula is C15H17BrN4. The number of halogens is 1. The zero-order valence-corrected chi connectivity index (χ0v) is 12.8. The molecule has 1 aromatic heterocycles. The standard InChI is InChI=1S/C15H17BrN4/c16-11-6-4-5-10(9-11)14-18-13-8-3-1-2-7-12(13)15(19-14)20-17/h4-6,9H,1-3,7-8,17H2,(H,18,19,20). The number of nitrogens with zero attached hydrogens (tertiary/aromatic N) is 2. The van der Waals surface area contributed by atoms with E-state index in [4.69, 9.17) is 10.8 Å². The van der Waals surface area contributed by atoms with Gasteiger partial charge < -0.3 is 5.43 Å². The number of anilines is 1. The molecule has 0 amide bonds. The Hall–Kier alpha value is -1.46. The number of nitrogens with one attached hydrogen (secondary N) is 1. The van der Waals surface area contributed by atoms with Gasteiger partial charge in [0.25, 0.3) is 0 Å². The van der Waals surface area contributed by atoms with Crippen molar-refractivity contribution < 1.29 is 0 Å². The molecule has 0 saturated carbocycles. The number of aryl methyl sites for hydroxylation is 1. The molecule has 0 bridgehead atoms. The fourth-order valence-corrected chi connectivity index (χ4v) is 3.05. The highest BCUT2D eigenvalue weighted by Gasteiger charge is 2.17. The molecule has 2 aromatic rings. The summed E-state index contributed by atoms with van der Waals surface area (Å²) in [6.45, 7) is 0. The first-order valence-corrected chi connectivity index (χ1v) is 7.69. The van der Waals surface area contributed by atoms with Gasteiger partial charge in [0, 0.05) is 21.3 Å². The third-order valence-corrected chi connectivity index (χ3v) is 4.15. The first kappa shape index (κ1) is 13.5. The molecule has 0 unspecified atom stereocenters. The van der Waals surface area contributed by atoms with E-state index in [1.165, 1.54) is 24.8 Å². The lowest BCUT2D eigenvalue weighted by atomic mass is 10.1. The van der Waals surface area contributed by atoms with Gasteiger partial charge in [0.2, 0.25) is 0 Å². The average molecular weight is 333 g/mol. The molecule has 0 spiro atoms. The summed E-state index contributed by atoms with van der Waals surface area (Å²) in [6, 6.07) is 8.03. The molecule has 1 aromatic carbocycles. The summed E-state index contributed by atoms with van der Waals surface area (Å²) in [7, 11) is 0. The lowest BCUT2D eigenvalue weighted by molar-refractivity contribution is 0.709. The van der Waals surface area contributed by atoms with E-state index in [0.29, 0.717) is 0 Å². The highest BCUT2D eigenvalue weighted by Crippen LogP contribution is 2.28. The van der Waals surface area contributed by atoms with Gasteiger partial charge in [-0.2, -0.15) is 0 Å². The molecule has 0 saturated heterocycles. The largest absolute Gasteiger partial charge is 0.308 e. The first-order valence-electron chi connectivity index (χ1n) is 6.90. The third kappa shape index (κ3) is 2.69. The Balaban J connectivity index is 2.11. The van der Waals surface area contributed by atoms with Gasteiger partial charge in [-0.25, -0.2) is 15.8 Å². The molecule has 104 valence electrons. The van der Waals surface area contributed by atoms with E-state index in [0.717, 1.165) is 40.2 Å². The molecule has 1 heterocycles. The smallest absolute Gasteiger partial charge is 0.161 e. The van der Waals surface area contributed by atoms with Crippen LogP contribution in [0.2, 0.25) is 0 Å². The van der Waals surface area contributed by atoms with Crippen molar-refractivity contribution in [2.75, 3.05) is 5.43 Å². The van der Waals surface area contributed by atoms with Gasteiger partial charge in [0.05, 0.1) is 0 Å². The molecule has 1 aliphatic carbocycles. The third-order valence-electron chi connectivity index (χ3n) is 3.65. The molecule has 0 atom stereocenters. The van der Waals surface area contributed by atoms with Gasteiger partial charge >= 0.3 is 0 Å². The van der Waals surface area contributed by atoms with Crippen molar-refractivity contribution in [2.45, 2.75) is 32.1 Å². The van der Waals surface area contributed by atoms with E-state index in [2.05, 4.69) is 26.3 Å². The van der Waals surface area contributed by atoms with E-state index < -0.39 is 0 Å². The number of aromatic nitrogens is 2. The van der Waals surface area contributed by atoms with Crippen LogP contribution in [0.5, 0.6) is 0 Å². The van der Waals surface area contributed by atoms with Crippen LogP contribution in [-0.2, 0) is 12.8 Å². The molecular weight excluding hydrogens is 316 g/mol. The number of hydrogen-bond donors (Lipinski definition) is 2. The highest BCUT2D eigenvalue weighted by molar-refractivity contribution is 9.10. The molecule has 1 aliphatic rings. The predicted molar refractivity (Wildman–Crippen MR) is 84.2 cm³/mol. The Kier molecular flexibility index (Phi) is 3.98. The first-order chi connectivity index (χ1) is 9.78. The van der Waals surface area contributed by atoms with Gasteiger partial charge in [-0.3, -0.25) is 0 Å². The van der Waals surface area contributed by atoms with Crippen LogP contribution < -0.4 is 11.3 Å². The number of hydrazine groups is 1. The topological polar surface area (TPSA) is 63.8 Å². The second-order valence-electron chi connectivity index (χ2n) is 5.04. The fourth-order valence-electron chi connectivity index (χ4n) is 2.65. The van der Waals surface area contributed by atoms with E-state index in [1.54, 1.807) is 0 Å². The second-order valence-corrected chi connectivity index (χ2v) is 5.95. The number of nitrogens with two attached hydrogens (primary N) is 1. The Morgan fingerprint density at radius 2 is 1.95 bits per heavy atom. The number of hydrogen-bond acceptors (Lipinski definition) is 4. The van der Waals surface area contributed by atoms with Gasteiger partial charge in [0.15, 0.2) is 5.82 Å². The molecule has 5 heteroatoms. The SMILES string of the molecule is NNc1nc(-c2cccc(Br)c2)nc2c1CCCCC2. The Bertz CT molecular complexity index is 627. The lowest BCUT2D eigenvalue weighted by Crippen LogP contribution is -2.14. The van der Waals surface area contributed by atoms with Crippen molar-refractivity contribution in [1.29, 1.82) is 0 Å². The van der Waals surface area contributed by atoms with Crippen molar-refractivity contribution in [1.82, 2.24) is 9.97 Å². The summed E-state index contributed by atoms with van der Waals surface area (Å²) in [4.78, 5) is 9.36. The molecule has 20 heavy (non-hydrogen) atoms. The second kappa shape index (κ2) is 5.89. The van der Waals surface area contributed by atoms with Gasteiger partial charge in [0.1, 0.15) is 5.82 Å². The van der Waals surface area contributed by atoms with Crippen LogP contribution >= 0.6 is 15.9 Å². The van der Waals surface area contributed by atoms with Crippen molar-refractivity contribution in [3.05, 3.63) is 40.0 Å². The molecule has 0 aliphatic heterocycles. The normalized spacial score (nSPS) is 14.5. The van der Waals surface area contributed by atoms with Crippen LogP contribution in [0.4, 0.5) is 5.82 Å². The Morgan fingerprint density at radius 1 is 1.10 bits per heavy atom. The lowest BCUT2D eigenvalue weighted by Gasteiger charge is -2.12. The molecule has 3 N–H and O–H groups in total. The zero-order chi connectivity index (χ0) is 13.9. The number of benzene rings is 1. The van der Waals surface area contributed by atoms with Crippen molar-refractivity contribution >= 4 is 21.7 Å². The minimum atomic E-state index is 0.736. The van der Waals surface area contributed by atoms with Gasteiger partial charge in [-0.05, 0) is 37.8 Å². The maximum Gasteiger partial charge on any atom is 0.161 e. The summed E-state index contributed by atoms with van der Waals surface area (Å²) in [5.74, 6) is 7.16. The van der Waals surface area contributed by atoms with E-state index in [1.807, 2.05) is 24.3 Å². The average Bonchev–Trinajstić information content (AvgIpc) is 2.71. The van der Waals surface area contributed by atoms with Gasteiger partial charge in [-0.15, -0.1) is 0 Å². The van der Waals surface area contributed by atoms with Crippen molar-refractivity contribution in [2.24, 2.45) is 5.84 Å². The summed E-state index contributed by atoms with van der Waals surface area (Å²) < 4.78 is 1.02. The van der Waals surface area contributed by atoms with Crippen LogP contribution in [0.15, 0.2) is 28.7 Å². The fraction of sp³-hybridized carbons (Fsp3) is 0.333. The summed E-state index contributed by atoms with van der Waals surface area (Å²) in [5, 5.41) is 0. The zero-order valence-electron chi connectivity index (χ0n) is 11.2. The van der Waals surface area contributed by atoms with Crippen LogP contribution in [0.25, 0.3) is 11.4 Å². The Morgan fingerprint density at radius 3 is 2.75 bits per heavy atom. The maximum atomic E-state index is 5.65. The molecule has 4 nitrogen and oxygen atoms in total. The predicted octanol–water partition coefficient (Wildman–Crippen LogP) is 3.46. The minimum absolute atomic E-state index is 0.736. The molecule has 0 fully saturated rings. The monoisotopic (exact) mass is 332 g/mol. The maximum absolute atomic E-state index is 5.65. The van der Waals surface area contributed by atoms with Crippen LogP contribution in [0, 0.1) is 0 Å². The van der Waals surface area contributed by atoms with E-state index >= 15 is 0 Å². The highest BCUT2D eigenvalue weighted by atomic mass is 79.9. The van der Waals surface area contributed by atoms with Crippen LogP contribution in [-0.4, -0.2) is 9.97 Å². The molecule has 0 radical (unpaired) electrons. The van der Waals surface area contributed by atoms with E-state index in [9.17, 15) is 0 Å². The number of rotatable bonds is 2. The quantitative estimate of drug-likeness (QED) is 0.502. The summed E-state index contributed by atoms with van der Waals surface area (Å²) in [5.41, 5.74) is 6.07. The minimum Gasteiger partial charge on any atom is -0.308 e. The van der Waals surface area contributed by atoms with Crippen molar-refractivity contribution in [3.63, 3.8) is 0 Å². The van der Waals surface area contributed by atoms with Crippen molar-refractivity contribution in [3.8, 4) is 11.4 Å². The van der Waals surface area contributed by atoms with Crippen LogP contribution in [0.1, 0.15) is 30.5 Å². The molecule has 3 rings (SSSR count). The summed E-state index contributed by atoms with van der Waals surface area (Å²) in [6.07, 6.45) is 5.63. The summed E-state index contributed by atoms with van der Waals surface area (Å²) >= 11 is 3.49. The van der Waals surface area contributed by atoms with E-state index in [-0.39, 0.29) is 0 Å². The number of fused-ring (bicyclic) bond motifs is 1. The Labute approximate surface area is 126 Å². The number of nitrogen functional groups attached to an aromatic ring is 1. The van der Waals surface area contributed by atoms with Gasteiger partial charge in [-0.1, -0.05) is 34.5 Å².